The molecule has 0 amide bonds. The van der Waals surface area contributed by atoms with E-state index in [2.05, 4.69) is 51.9 Å². The number of likely N-dealkylation sites (N-methyl/N-ethyl adjacent to an activating group) is 1. The van der Waals surface area contributed by atoms with Gasteiger partial charge >= 0.3 is 0 Å². The average Bonchev–Trinajstić information content (AvgIpc) is 2.54. The van der Waals surface area contributed by atoms with Crippen LogP contribution in [0.1, 0.15) is 53.9 Å². The molecule has 3 heteroatoms. The van der Waals surface area contributed by atoms with Gasteiger partial charge in [0.2, 0.25) is 0 Å². The monoisotopic (exact) mass is 282 g/mol. The fourth-order valence-electron chi connectivity index (χ4n) is 4.43. The molecule has 2 heterocycles. The van der Waals surface area contributed by atoms with Gasteiger partial charge in [0.15, 0.2) is 0 Å². The van der Waals surface area contributed by atoms with Crippen LogP contribution in [0.5, 0.6) is 0 Å². The summed E-state index contributed by atoms with van der Waals surface area (Å²) < 4.78 is 6.35. The zero-order valence-electron chi connectivity index (χ0n) is 14.3. The fraction of sp³-hybridized carbons (Fsp3) is 1.00. The Morgan fingerprint density at radius 2 is 1.70 bits per heavy atom. The van der Waals surface area contributed by atoms with Crippen molar-refractivity contribution in [3.8, 4) is 0 Å². The second kappa shape index (κ2) is 5.94. The van der Waals surface area contributed by atoms with Crippen LogP contribution in [0.25, 0.3) is 0 Å². The van der Waals surface area contributed by atoms with Crippen LogP contribution >= 0.6 is 0 Å². The van der Waals surface area contributed by atoms with Crippen molar-refractivity contribution >= 4 is 0 Å². The van der Waals surface area contributed by atoms with Crippen LogP contribution in [0.15, 0.2) is 0 Å². The van der Waals surface area contributed by atoms with E-state index in [0.29, 0.717) is 12.0 Å². The first-order valence-electron chi connectivity index (χ1n) is 8.40. The maximum Gasteiger partial charge on any atom is 0.0790 e. The molecule has 3 nitrogen and oxygen atoms in total. The molecule has 2 atom stereocenters. The van der Waals surface area contributed by atoms with Crippen molar-refractivity contribution in [2.24, 2.45) is 11.8 Å². The van der Waals surface area contributed by atoms with Crippen molar-refractivity contribution in [1.29, 1.82) is 0 Å². The van der Waals surface area contributed by atoms with Gasteiger partial charge < -0.3 is 15.0 Å². The third-order valence-electron chi connectivity index (χ3n) is 5.62. The minimum Gasteiger partial charge on any atom is -0.368 e. The standard InChI is InChI=1S/C17H34N2O/c1-7-13-8-10-19(11-9-13)12-14-15(18-6)17(4,5)20-16(14,2)3/h13-15,18H,7-12H2,1-6H3. The van der Waals surface area contributed by atoms with Crippen LogP contribution in [-0.4, -0.2) is 48.8 Å². The highest BCUT2D eigenvalue weighted by atomic mass is 16.5. The number of nitrogens with zero attached hydrogens (tertiary/aromatic N) is 1. The van der Waals surface area contributed by atoms with Gasteiger partial charge in [-0.2, -0.15) is 0 Å². The Morgan fingerprint density at radius 3 is 2.20 bits per heavy atom. The number of ether oxygens (including phenoxy) is 1. The molecule has 20 heavy (non-hydrogen) atoms. The summed E-state index contributed by atoms with van der Waals surface area (Å²) >= 11 is 0. The predicted molar refractivity (Wildman–Crippen MR) is 85.0 cm³/mol. The molecule has 2 rings (SSSR count). The fourth-order valence-corrected chi connectivity index (χ4v) is 4.43. The first kappa shape index (κ1) is 16.3. The summed E-state index contributed by atoms with van der Waals surface area (Å²) in [5.41, 5.74) is -0.122. The van der Waals surface area contributed by atoms with E-state index in [1.54, 1.807) is 0 Å². The Balaban J connectivity index is 2.00. The van der Waals surface area contributed by atoms with Gasteiger partial charge in [-0.15, -0.1) is 0 Å². The minimum atomic E-state index is -0.0787. The van der Waals surface area contributed by atoms with Crippen molar-refractivity contribution in [2.45, 2.75) is 71.1 Å². The van der Waals surface area contributed by atoms with Gasteiger partial charge in [0, 0.05) is 18.5 Å². The summed E-state index contributed by atoms with van der Waals surface area (Å²) in [5.74, 6) is 1.51. The first-order chi connectivity index (χ1) is 9.30. The zero-order valence-corrected chi connectivity index (χ0v) is 14.3. The summed E-state index contributed by atoms with van der Waals surface area (Å²) in [6, 6.07) is 0.432. The minimum absolute atomic E-state index is 0.0429. The van der Waals surface area contributed by atoms with Gasteiger partial charge in [-0.05, 0) is 66.6 Å². The van der Waals surface area contributed by atoms with E-state index in [0.717, 1.165) is 5.92 Å². The molecule has 0 spiro atoms. The van der Waals surface area contributed by atoms with Crippen LogP contribution in [0, 0.1) is 11.8 Å². The number of hydrogen-bond donors (Lipinski definition) is 1. The van der Waals surface area contributed by atoms with Crippen LogP contribution in [-0.2, 0) is 4.74 Å². The van der Waals surface area contributed by atoms with Crippen molar-refractivity contribution in [3.05, 3.63) is 0 Å². The molecule has 2 aliphatic heterocycles. The average molecular weight is 282 g/mol. The van der Waals surface area contributed by atoms with E-state index in [1.807, 2.05) is 0 Å². The lowest BCUT2D eigenvalue weighted by atomic mass is 9.81. The van der Waals surface area contributed by atoms with E-state index in [-0.39, 0.29) is 11.2 Å². The van der Waals surface area contributed by atoms with Gasteiger partial charge in [-0.3, -0.25) is 0 Å². The number of likely N-dealkylation sites (tertiary alicyclic amines) is 1. The van der Waals surface area contributed by atoms with E-state index >= 15 is 0 Å². The predicted octanol–water partition coefficient (Wildman–Crippen LogP) is 2.90. The number of piperidine rings is 1. The summed E-state index contributed by atoms with van der Waals surface area (Å²) in [6.45, 7) is 15.0. The molecule has 2 saturated heterocycles. The maximum absolute atomic E-state index is 6.35. The highest BCUT2D eigenvalue weighted by Gasteiger charge is 2.53. The molecule has 0 aliphatic carbocycles. The number of nitrogens with one attached hydrogen (secondary N) is 1. The summed E-state index contributed by atoms with van der Waals surface area (Å²) in [7, 11) is 2.08. The topological polar surface area (TPSA) is 24.5 Å². The van der Waals surface area contributed by atoms with E-state index in [4.69, 9.17) is 4.74 Å². The second-order valence-corrected chi connectivity index (χ2v) is 7.83. The lowest BCUT2D eigenvalue weighted by Crippen LogP contribution is -2.50. The van der Waals surface area contributed by atoms with E-state index in [1.165, 1.54) is 38.9 Å². The van der Waals surface area contributed by atoms with E-state index < -0.39 is 0 Å². The van der Waals surface area contributed by atoms with Crippen LogP contribution in [0.4, 0.5) is 0 Å². The lowest BCUT2D eigenvalue weighted by molar-refractivity contribution is -0.0798. The molecule has 0 radical (unpaired) electrons. The number of rotatable bonds is 4. The van der Waals surface area contributed by atoms with Crippen molar-refractivity contribution in [1.82, 2.24) is 10.2 Å². The van der Waals surface area contributed by atoms with Crippen LogP contribution in [0.3, 0.4) is 0 Å². The van der Waals surface area contributed by atoms with Gasteiger partial charge in [0.1, 0.15) is 0 Å². The second-order valence-electron chi connectivity index (χ2n) is 7.83. The quantitative estimate of drug-likeness (QED) is 0.858. The van der Waals surface area contributed by atoms with Crippen molar-refractivity contribution in [3.63, 3.8) is 0 Å². The number of hydrogen-bond acceptors (Lipinski definition) is 3. The van der Waals surface area contributed by atoms with E-state index in [9.17, 15) is 0 Å². The summed E-state index contributed by atoms with van der Waals surface area (Å²) in [5, 5.41) is 3.52. The molecule has 0 bridgehead atoms. The Hall–Kier alpha value is -0.120. The van der Waals surface area contributed by atoms with Gasteiger partial charge in [0.05, 0.1) is 11.2 Å². The first-order valence-corrected chi connectivity index (χ1v) is 8.40. The smallest absolute Gasteiger partial charge is 0.0790 e. The van der Waals surface area contributed by atoms with Crippen LogP contribution < -0.4 is 5.32 Å². The molecule has 2 unspecified atom stereocenters. The normalized spacial score (nSPS) is 34.5. The molecule has 0 aromatic carbocycles. The molecule has 2 fully saturated rings. The molecule has 0 aromatic rings. The molecule has 118 valence electrons. The molecular formula is C17H34N2O. The molecule has 1 N–H and O–H groups in total. The molecule has 0 aromatic heterocycles. The Labute approximate surface area is 125 Å². The van der Waals surface area contributed by atoms with Crippen molar-refractivity contribution < 1.29 is 4.74 Å². The summed E-state index contributed by atoms with van der Waals surface area (Å²) in [6.07, 6.45) is 4.09. The third kappa shape index (κ3) is 3.20. The molecule has 0 saturated carbocycles. The highest BCUT2D eigenvalue weighted by Crippen LogP contribution is 2.42. The Morgan fingerprint density at radius 1 is 1.10 bits per heavy atom. The van der Waals surface area contributed by atoms with Gasteiger partial charge in [0.25, 0.3) is 0 Å². The molecular weight excluding hydrogens is 248 g/mol. The Kier molecular flexibility index (Phi) is 4.83. The van der Waals surface area contributed by atoms with Gasteiger partial charge in [-0.1, -0.05) is 13.3 Å². The SMILES string of the molecule is CCC1CCN(CC2C(NC)C(C)(C)OC2(C)C)CC1. The van der Waals surface area contributed by atoms with Crippen molar-refractivity contribution in [2.75, 3.05) is 26.7 Å². The van der Waals surface area contributed by atoms with Crippen LogP contribution in [0.2, 0.25) is 0 Å². The maximum atomic E-state index is 6.35. The third-order valence-corrected chi connectivity index (χ3v) is 5.62. The Bertz CT molecular complexity index is 319. The molecule has 2 aliphatic rings. The largest absolute Gasteiger partial charge is 0.368 e. The van der Waals surface area contributed by atoms with Gasteiger partial charge in [-0.25, -0.2) is 0 Å². The lowest BCUT2D eigenvalue weighted by Gasteiger charge is -2.37. The summed E-state index contributed by atoms with van der Waals surface area (Å²) in [4.78, 5) is 2.66. The zero-order chi connectivity index (χ0) is 15.0. The highest BCUT2D eigenvalue weighted by molar-refractivity contribution is 5.05.